The highest BCUT2D eigenvalue weighted by atomic mass is 16.2. The van der Waals surface area contributed by atoms with Crippen molar-refractivity contribution >= 4 is 22.6 Å². The minimum atomic E-state index is 0.0350. The van der Waals surface area contributed by atoms with Crippen molar-refractivity contribution in [3.05, 3.63) is 89.2 Å². The number of benzene rings is 3. The van der Waals surface area contributed by atoms with E-state index in [1.165, 1.54) is 16.7 Å². The Balaban J connectivity index is 1.52. The van der Waals surface area contributed by atoms with Crippen LogP contribution in [-0.4, -0.2) is 22.0 Å². The van der Waals surface area contributed by atoms with Crippen LogP contribution in [0, 0.1) is 13.8 Å². The van der Waals surface area contributed by atoms with Crippen LogP contribution in [0.3, 0.4) is 0 Å². The van der Waals surface area contributed by atoms with Crippen molar-refractivity contribution in [2.24, 2.45) is 0 Å². The van der Waals surface area contributed by atoms with Crippen LogP contribution in [0.2, 0.25) is 0 Å². The van der Waals surface area contributed by atoms with E-state index in [1.54, 1.807) is 0 Å². The molecule has 1 amide bonds. The number of nitrogens with zero attached hydrogens (tertiary/aromatic N) is 3. The largest absolute Gasteiger partial charge is 0.308 e. The Bertz CT molecular complexity index is 1200. The van der Waals surface area contributed by atoms with Gasteiger partial charge in [0.2, 0.25) is 0 Å². The van der Waals surface area contributed by atoms with E-state index in [2.05, 4.69) is 47.7 Å². The van der Waals surface area contributed by atoms with E-state index in [1.807, 2.05) is 47.6 Å². The summed E-state index contributed by atoms with van der Waals surface area (Å²) >= 11 is 0. The molecule has 0 radical (unpaired) electrons. The third-order valence-corrected chi connectivity index (χ3v) is 5.41. The minimum Gasteiger partial charge on any atom is -0.308 e. The molecule has 0 fully saturated rings. The number of carbonyl (C=O) groups excluding carboxylic acids is 1. The number of amides is 1. The van der Waals surface area contributed by atoms with Crippen LogP contribution in [0.25, 0.3) is 16.7 Å². The van der Waals surface area contributed by atoms with Crippen molar-refractivity contribution in [2.45, 2.75) is 20.3 Å². The first-order valence-electron chi connectivity index (χ1n) is 9.56. The van der Waals surface area contributed by atoms with Crippen LogP contribution < -0.4 is 4.90 Å². The van der Waals surface area contributed by atoms with Crippen molar-refractivity contribution in [1.82, 2.24) is 9.55 Å². The van der Waals surface area contributed by atoms with E-state index in [9.17, 15) is 4.79 Å². The van der Waals surface area contributed by atoms with Crippen LogP contribution in [0.15, 0.2) is 67.0 Å². The molecule has 5 rings (SSSR count). The minimum absolute atomic E-state index is 0.0350. The smallest absolute Gasteiger partial charge is 0.258 e. The molecule has 1 aliphatic heterocycles. The molecule has 4 aromatic rings. The maximum atomic E-state index is 13.1. The van der Waals surface area contributed by atoms with Gasteiger partial charge in [-0.2, -0.15) is 0 Å². The number of hydrogen-bond donors (Lipinski definition) is 0. The molecule has 138 valence electrons. The quantitative estimate of drug-likeness (QED) is 0.508. The van der Waals surface area contributed by atoms with Crippen LogP contribution in [0.4, 0.5) is 5.69 Å². The molecule has 3 aromatic carbocycles. The molecule has 0 spiro atoms. The van der Waals surface area contributed by atoms with Crippen molar-refractivity contribution in [3.63, 3.8) is 0 Å². The molecule has 0 N–H and O–H groups in total. The number of carbonyl (C=O) groups is 1. The lowest BCUT2D eigenvalue weighted by atomic mass is 10.1. The Labute approximate surface area is 164 Å². The van der Waals surface area contributed by atoms with Crippen molar-refractivity contribution in [1.29, 1.82) is 0 Å². The van der Waals surface area contributed by atoms with Gasteiger partial charge in [0.15, 0.2) is 0 Å². The van der Waals surface area contributed by atoms with E-state index in [0.717, 1.165) is 35.4 Å². The van der Waals surface area contributed by atoms with Crippen molar-refractivity contribution < 1.29 is 4.79 Å². The van der Waals surface area contributed by atoms with E-state index in [0.29, 0.717) is 5.56 Å². The first kappa shape index (κ1) is 16.8. The fourth-order valence-corrected chi connectivity index (χ4v) is 4.15. The number of hydrogen-bond acceptors (Lipinski definition) is 2. The normalized spacial score (nSPS) is 13.1. The van der Waals surface area contributed by atoms with Gasteiger partial charge in [-0.3, -0.25) is 9.36 Å². The standard InChI is InChI=1S/C24H21N3O/c1-16-11-17(2)13-20(12-16)27-15-25-21-14-19(7-8-23(21)27)24(28)26-10-9-18-5-3-4-6-22(18)26/h3-8,11-15H,9-10H2,1-2H3. The number of rotatable bonds is 2. The second-order valence-corrected chi connectivity index (χ2v) is 7.50. The fourth-order valence-electron chi connectivity index (χ4n) is 4.15. The molecule has 2 heterocycles. The van der Waals surface area contributed by atoms with E-state index in [4.69, 9.17) is 0 Å². The Morgan fingerprint density at radius 1 is 0.964 bits per heavy atom. The number of fused-ring (bicyclic) bond motifs is 2. The average molecular weight is 367 g/mol. The molecule has 0 saturated heterocycles. The predicted octanol–water partition coefficient (Wildman–Crippen LogP) is 4.85. The number of anilines is 1. The lowest BCUT2D eigenvalue weighted by Crippen LogP contribution is -2.28. The topological polar surface area (TPSA) is 38.1 Å². The Morgan fingerprint density at radius 2 is 1.75 bits per heavy atom. The highest BCUT2D eigenvalue weighted by molar-refractivity contribution is 6.08. The molecule has 28 heavy (non-hydrogen) atoms. The van der Waals surface area contributed by atoms with Gasteiger partial charge in [-0.1, -0.05) is 24.3 Å². The fraction of sp³-hybridized carbons (Fsp3) is 0.167. The van der Waals surface area contributed by atoms with Gasteiger partial charge >= 0.3 is 0 Å². The summed E-state index contributed by atoms with van der Waals surface area (Å²) in [5, 5.41) is 0. The molecule has 1 aliphatic rings. The molecule has 0 aliphatic carbocycles. The molecule has 0 unspecified atom stereocenters. The predicted molar refractivity (Wildman–Crippen MR) is 112 cm³/mol. The van der Waals surface area contributed by atoms with E-state index < -0.39 is 0 Å². The van der Waals surface area contributed by atoms with Gasteiger partial charge in [-0.15, -0.1) is 0 Å². The Hall–Kier alpha value is -3.40. The zero-order valence-electron chi connectivity index (χ0n) is 16.0. The second-order valence-electron chi connectivity index (χ2n) is 7.50. The summed E-state index contributed by atoms with van der Waals surface area (Å²) in [6, 6.07) is 20.4. The second kappa shape index (κ2) is 6.34. The molecule has 4 heteroatoms. The number of imidazole rings is 1. The molecular formula is C24H21N3O. The van der Waals surface area contributed by atoms with Gasteiger partial charge in [0, 0.05) is 23.5 Å². The van der Waals surface area contributed by atoms with Gasteiger partial charge in [-0.05, 0) is 73.4 Å². The monoisotopic (exact) mass is 367 g/mol. The SMILES string of the molecule is Cc1cc(C)cc(-n2cnc3cc(C(=O)N4CCc5ccccc54)ccc32)c1. The van der Waals surface area contributed by atoms with Gasteiger partial charge in [0.1, 0.15) is 6.33 Å². The van der Waals surface area contributed by atoms with Crippen LogP contribution >= 0.6 is 0 Å². The first-order chi connectivity index (χ1) is 13.6. The number of aromatic nitrogens is 2. The molecule has 0 bridgehead atoms. The molecular weight excluding hydrogens is 346 g/mol. The summed E-state index contributed by atoms with van der Waals surface area (Å²) in [6.45, 7) is 4.92. The van der Waals surface area contributed by atoms with Crippen molar-refractivity contribution in [3.8, 4) is 5.69 Å². The van der Waals surface area contributed by atoms with E-state index in [-0.39, 0.29) is 5.91 Å². The summed E-state index contributed by atoms with van der Waals surface area (Å²) in [6.07, 6.45) is 2.74. The summed E-state index contributed by atoms with van der Waals surface area (Å²) < 4.78 is 2.08. The van der Waals surface area contributed by atoms with Gasteiger partial charge in [0.25, 0.3) is 5.91 Å². The lowest BCUT2D eigenvalue weighted by Gasteiger charge is -2.17. The van der Waals surface area contributed by atoms with Crippen LogP contribution in [0.5, 0.6) is 0 Å². The number of para-hydroxylation sites is 1. The molecule has 0 saturated carbocycles. The van der Waals surface area contributed by atoms with Gasteiger partial charge in [0.05, 0.1) is 11.0 Å². The summed E-state index contributed by atoms with van der Waals surface area (Å²) in [7, 11) is 0. The molecule has 1 aromatic heterocycles. The van der Waals surface area contributed by atoms with Crippen LogP contribution in [-0.2, 0) is 6.42 Å². The van der Waals surface area contributed by atoms with Crippen LogP contribution in [0.1, 0.15) is 27.0 Å². The summed E-state index contributed by atoms with van der Waals surface area (Å²) in [5.74, 6) is 0.0350. The Kier molecular flexibility index (Phi) is 3.79. The maximum Gasteiger partial charge on any atom is 0.258 e. The molecule has 0 atom stereocenters. The summed E-state index contributed by atoms with van der Waals surface area (Å²) in [4.78, 5) is 19.5. The van der Waals surface area contributed by atoms with E-state index >= 15 is 0 Å². The highest BCUT2D eigenvalue weighted by Crippen LogP contribution is 2.29. The Morgan fingerprint density at radius 3 is 2.57 bits per heavy atom. The zero-order chi connectivity index (χ0) is 19.3. The lowest BCUT2D eigenvalue weighted by molar-refractivity contribution is 0.0989. The third-order valence-electron chi connectivity index (χ3n) is 5.41. The number of aryl methyl sites for hydroxylation is 2. The third kappa shape index (κ3) is 2.69. The summed E-state index contributed by atoms with van der Waals surface area (Å²) in [5.41, 5.74) is 8.29. The maximum absolute atomic E-state index is 13.1. The average Bonchev–Trinajstić information content (AvgIpc) is 3.30. The van der Waals surface area contributed by atoms with Gasteiger partial charge in [-0.25, -0.2) is 4.98 Å². The first-order valence-corrected chi connectivity index (χ1v) is 9.56. The zero-order valence-corrected chi connectivity index (χ0v) is 16.0. The van der Waals surface area contributed by atoms with Crippen molar-refractivity contribution in [2.75, 3.05) is 11.4 Å². The van der Waals surface area contributed by atoms with Gasteiger partial charge < -0.3 is 4.90 Å². The highest BCUT2D eigenvalue weighted by Gasteiger charge is 2.25. The molecule has 4 nitrogen and oxygen atoms in total.